The first-order chi connectivity index (χ1) is 10.1. The summed E-state index contributed by atoms with van der Waals surface area (Å²) in [6.07, 6.45) is 0. The van der Waals surface area contributed by atoms with Crippen molar-refractivity contribution in [2.75, 3.05) is 41.0 Å². The SMILES string of the molecule is COCCNC(=O)CNC(C)c1ccc(OC)cc1OC. The highest BCUT2D eigenvalue weighted by atomic mass is 16.5. The zero-order valence-corrected chi connectivity index (χ0v) is 13.1. The molecule has 1 rings (SSSR count). The lowest BCUT2D eigenvalue weighted by Crippen LogP contribution is -2.36. The number of carbonyl (C=O) groups excluding carboxylic acids is 1. The number of amides is 1. The van der Waals surface area contributed by atoms with Crippen LogP contribution in [0, 0.1) is 0 Å². The Labute approximate surface area is 125 Å². The minimum Gasteiger partial charge on any atom is -0.497 e. The third kappa shape index (κ3) is 5.61. The van der Waals surface area contributed by atoms with Gasteiger partial charge >= 0.3 is 0 Å². The molecular formula is C15H24N2O4. The molecule has 1 aromatic carbocycles. The van der Waals surface area contributed by atoms with Crippen molar-refractivity contribution in [3.05, 3.63) is 23.8 Å². The number of rotatable bonds is 9. The second-order valence-electron chi connectivity index (χ2n) is 4.55. The molecule has 0 saturated carbocycles. The van der Waals surface area contributed by atoms with Crippen molar-refractivity contribution in [2.24, 2.45) is 0 Å². The molecule has 1 aromatic rings. The van der Waals surface area contributed by atoms with Crippen molar-refractivity contribution >= 4 is 5.91 Å². The smallest absolute Gasteiger partial charge is 0.234 e. The first-order valence-corrected chi connectivity index (χ1v) is 6.83. The number of nitrogens with one attached hydrogen (secondary N) is 2. The fourth-order valence-corrected chi connectivity index (χ4v) is 1.89. The van der Waals surface area contributed by atoms with Gasteiger partial charge in [0.05, 0.1) is 27.4 Å². The van der Waals surface area contributed by atoms with Crippen molar-refractivity contribution in [3.63, 3.8) is 0 Å². The lowest BCUT2D eigenvalue weighted by Gasteiger charge is -2.18. The molecule has 1 amide bonds. The summed E-state index contributed by atoms with van der Waals surface area (Å²) >= 11 is 0. The maximum absolute atomic E-state index is 11.6. The minimum absolute atomic E-state index is 0.0148. The van der Waals surface area contributed by atoms with E-state index in [-0.39, 0.29) is 18.5 Å². The van der Waals surface area contributed by atoms with Gasteiger partial charge in [0.1, 0.15) is 11.5 Å². The van der Waals surface area contributed by atoms with Gasteiger partial charge in [0.2, 0.25) is 5.91 Å². The van der Waals surface area contributed by atoms with Gasteiger partial charge in [0.25, 0.3) is 0 Å². The monoisotopic (exact) mass is 296 g/mol. The average molecular weight is 296 g/mol. The highest BCUT2D eigenvalue weighted by Crippen LogP contribution is 2.29. The molecule has 1 unspecified atom stereocenters. The molecule has 0 fully saturated rings. The van der Waals surface area contributed by atoms with Crippen molar-refractivity contribution in [2.45, 2.75) is 13.0 Å². The van der Waals surface area contributed by atoms with Crippen LogP contribution in [0.1, 0.15) is 18.5 Å². The second-order valence-corrected chi connectivity index (χ2v) is 4.55. The van der Waals surface area contributed by atoms with E-state index < -0.39 is 0 Å². The summed E-state index contributed by atoms with van der Waals surface area (Å²) in [5, 5.41) is 5.92. The molecule has 0 bridgehead atoms. The zero-order valence-electron chi connectivity index (χ0n) is 13.1. The van der Waals surface area contributed by atoms with Crippen LogP contribution in [0.2, 0.25) is 0 Å². The van der Waals surface area contributed by atoms with Gasteiger partial charge in [-0.2, -0.15) is 0 Å². The van der Waals surface area contributed by atoms with Crippen molar-refractivity contribution in [1.82, 2.24) is 10.6 Å². The van der Waals surface area contributed by atoms with Crippen LogP contribution in [0.25, 0.3) is 0 Å². The quantitative estimate of drug-likeness (QED) is 0.668. The number of ether oxygens (including phenoxy) is 3. The molecule has 118 valence electrons. The highest BCUT2D eigenvalue weighted by molar-refractivity contribution is 5.78. The summed E-state index contributed by atoms with van der Waals surface area (Å²) in [6.45, 7) is 3.23. The second kappa shape index (κ2) is 9.20. The Bertz CT molecular complexity index is 451. The Morgan fingerprint density at radius 3 is 2.62 bits per heavy atom. The summed E-state index contributed by atoms with van der Waals surface area (Å²) in [7, 11) is 4.82. The maximum atomic E-state index is 11.6. The molecule has 0 aromatic heterocycles. The fraction of sp³-hybridized carbons (Fsp3) is 0.533. The van der Waals surface area contributed by atoms with Gasteiger partial charge in [0, 0.05) is 31.3 Å². The molecule has 0 spiro atoms. The van der Waals surface area contributed by atoms with Gasteiger partial charge in [-0.1, -0.05) is 6.07 Å². The normalized spacial score (nSPS) is 11.8. The van der Waals surface area contributed by atoms with E-state index in [1.54, 1.807) is 21.3 Å². The number of hydrogen-bond donors (Lipinski definition) is 2. The van der Waals surface area contributed by atoms with Crippen molar-refractivity contribution in [1.29, 1.82) is 0 Å². The summed E-state index contributed by atoms with van der Waals surface area (Å²) in [5.74, 6) is 1.40. The molecule has 0 radical (unpaired) electrons. The lowest BCUT2D eigenvalue weighted by atomic mass is 10.1. The molecular weight excluding hydrogens is 272 g/mol. The standard InChI is InChI=1S/C15H24N2O4/c1-11(17-10-15(18)16-7-8-19-2)13-6-5-12(20-3)9-14(13)21-4/h5-6,9,11,17H,7-8,10H2,1-4H3,(H,16,18). The highest BCUT2D eigenvalue weighted by Gasteiger charge is 2.13. The Morgan fingerprint density at radius 2 is 2.00 bits per heavy atom. The van der Waals surface area contributed by atoms with Gasteiger partial charge < -0.3 is 24.8 Å². The van der Waals surface area contributed by atoms with E-state index in [0.29, 0.717) is 13.2 Å². The summed E-state index contributed by atoms with van der Waals surface area (Å²) < 4.78 is 15.4. The van der Waals surface area contributed by atoms with Crippen LogP contribution in [0.4, 0.5) is 0 Å². The Kier molecular flexibility index (Phi) is 7.56. The van der Waals surface area contributed by atoms with Gasteiger partial charge in [-0.15, -0.1) is 0 Å². The van der Waals surface area contributed by atoms with Crippen molar-refractivity contribution in [3.8, 4) is 11.5 Å². The van der Waals surface area contributed by atoms with E-state index in [9.17, 15) is 4.79 Å². The molecule has 0 aliphatic heterocycles. The third-order valence-corrected chi connectivity index (χ3v) is 3.10. The van der Waals surface area contributed by atoms with Gasteiger partial charge in [-0.05, 0) is 13.0 Å². The lowest BCUT2D eigenvalue weighted by molar-refractivity contribution is -0.120. The van der Waals surface area contributed by atoms with E-state index in [1.807, 2.05) is 25.1 Å². The van der Waals surface area contributed by atoms with Crippen LogP contribution >= 0.6 is 0 Å². The van der Waals surface area contributed by atoms with Crippen LogP contribution in [0.15, 0.2) is 18.2 Å². The number of carbonyl (C=O) groups is 1. The molecule has 6 heteroatoms. The zero-order chi connectivity index (χ0) is 15.7. The predicted octanol–water partition coefficient (Wildman–Crippen LogP) is 1.12. The van der Waals surface area contributed by atoms with E-state index in [0.717, 1.165) is 17.1 Å². The van der Waals surface area contributed by atoms with Gasteiger partial charge in [0.15, 0.2) is 0 Å². The van der Waals surface area contributed by atoms with Crippen LogP contribution in [-0.2, 0) is 9.53 Å². The van der Waals surface area contributed by atoms with Crippen LogP contribution in [0.3, 0.4) is 0 Å². The maximum Gasteiger partial charge on any atom is 0.234 e. The Hall–Kier alpha value is -1.79. The van der Waals surface area contributed by atoms with Gasteiger partial charge in [-0.25, -0.2) is 0 Å². The van der Waals surface area contributed by atoms with Gasteiger partial charge in [-0.3, -0.25) is 4.79 Å². The molecule has 0 saturated heterocycles. The van der Waals surface area contributed by atoms with E-state index >= 15 is 0 Å². The number of methoxy groups -OCH3 is 3. The molecule has 6 nitrogen and oxygen atoms in total. The molecule has 2 N–H and O–H groups in total. The molecule has 1 atom stereocenters. The Balaban J connectivity index is 2.55. The first kappa shape index (κ1) is 17.3. The topological polar surface area (TPSA) is 68.8 Å². The summed E-state index contributed by atoms with van der Waals surface area (Å²) in [4.78, 5) is 11.6. The van der Waals surface area contributed by atoms with Crippen LogP contribution < -0.4 is 20.1 Å². The number of hydrogen-bond acceptors (Lipinski definition) is 5. The van der Waals surface area contributed by atoms with E-state index in [1.165, 1.54) is 0 Å². The fourth-order valence-electron chi connectivity index (χ4n) is 1.89. The summed E-state index contributed by atoms with van der Waals surface area (Å²) in [6, 6.07) is 5.61. The molecule has 21 heavy (non-hydrogen) atoms. The van der Waals surface area contributed by atoms with Crippen LogP contribution in [-0.4, -0.2) is 46.9 Å². The molecule has 0 heterocycles. The molecule has 0 aliphatic rings. The minimum atomic E-state index is -0.0635. The van der Waals surface area contributed by atoms with E-state index in [4.69, 9.17) is 14.2 Å². The van der Waals surface area contributed by atoms with Crippen LogP contribution in [0.5, 0.6) is 11.5 Å². The first-order valence-electron chi connectivity index (χ1n) is 6.83. The molecule has 0 aliphatic carbocycles. The largest absolute Gasteiger partial charge is 0.497 e. The Morgan fingerprint density at radius 1 is 1.24 bits per heavy atom. The van der Waals surface area contributed by atoms with Crippen molar-refractivity contribution < 1.29 is 19.0 Å². The predicted molar refractivity (Wildman–Crippen MR) is 80.8 cm³/mol. The third-order valence-electron chi connectivity index (χ3n) is 3.10. The summed E-state index contributed by atoms with van der Waals surface area (Å²) in [5.41, 5.74) is 0.975. The average Bonchev–Trinajstić information content (AvgIpc) is 2.52. The van der Waals surface area contributed by atoms with E-state index in [2.05, 4.69) is 10.6 Å². The number of benzene rings is 1.